The van der Waals surface area contributed by atoms with Crippen LogP contribution in [0, 0.1) is 11.8 Å². The van der Waals surface area contributed by atoms with E-state index in [2.05, 4.69) is 10.6 Å². The third kappa shape index (κ3) is 5.50. The number of pyridine rings is 1. The fraction of sp³-hybridized carbons (Fsp3) is 0.519. The Labute approximate surface area is 211 Å². The predicted molar refractivity (Wildman–Crippen MR) is 137 cm³/mol. The van der Waals surface area contributed by atoms with Crippen molar-refractivity contribution in [3.8, 4) is 11.5 Å². The fourth-order valence-electron chi connectivity index (χ4n) is 5.30. The molecule has 9 heteroatoms. The van der Waals surface area contributed by atoms with Gasteiger partial charge in [0, 0.05) is 43.9 Å². The average molecular weight is 497 g/mol. The van der Waals surface area contributed by atoms with Gasteiger partial charge in [-0.1, -0.05) is 26.0 Å². The molecule has 1 aromatic carbocycles. The summed E-state index contributed by atoms with van der Waals surface area (Å²) in [4.78, 5) is 40.2. The summed E-state index contributed by atoms with van der Waals surface area (Å²) in [7, 11) is 3.18. The van der Waals surface area contributed by atoms with Crippen LogP contribution in [0.2, 0.25) is 0 Å². The molecular weight excluding hydrogens is 460 g/mol. The zero-order chi connectivity index (χ0) is 25.8. The molecule has 0 spiro atoms. The van der Waals surface area contributed by atoms with Crippen molar-refractivity contribution in [1.29, 1.82) is 0 Å². The molecular formula is C27H36N4O5. The zero-order valence-electron chi connectivity index (χ0n) is 21.5. The number of rotatable bonds is 8. The molecule has 0 unspecified atom stereocenters. The molecule has 194 valence electrons. The van der Waals surface area contributed by atoms with E-state index >= 15 is 0 Å². The average Bonchev–Trinajstić information content (AvgIpc) is 2.87. The van der Waals surface area contributed by atoms with Crippen LogP contribution in [0.4, 0.5) is 4.79 Å². The van der Waals surface area contributed by atoms with Crippen molar-refractivity contribution < 1.29 is 19.1 Å². The molecule has 0 radical (unpaired) electrons. The van der Waals surface area contributed by atoms with E-state index in [0.29, 0.717) is 44.1 Å². The number of nitrogens with zero attached hydrogens (tertiary/aromatic N) is 2. The highest BCUT2D eigenvalue weighted by Crippen LogP contribution is 2.35. The summed E-state index contributed by atoms with van der Waals surface area (Å²) >= 11 is 0. The molecule has 1 aromatic heterocycles. The first-order valence-corrected chi connectivity index (χ1v) is 12.5. The predicted octanol–water partition coefficient (Wildman–Crippen LogP) is 2.38. The number of benzene rings is 1. The first-order valence-electron chi connectivity index (χ1n) is 12.5. The Bertz CT molecular complexity index is 1160. The summed E-state index contributed by atoms with van der Waals surface area (Å²) in [5.41, 5.74) is 2.02. The van der Waals surface area contributed by atoms with Gasteiger partial charge in [-0.05, 0) is 48.4 Å². The number of ether oxygens (including phenoxy) is 2. The van der Waals surface area contributed by atoms with Gasteiger partial charge in [-0.2, -0.15) is 0 Å². The van der Waals surface area contributed by atoms with Gasteiger partial charge in [0.15, 0.2) is 11.5 Å². The topological polar surface area (TPSA) is 102 Å². The third-order valence-electron chi connectivity index (χ3n) is 7.16. The van der Waals surface area contributed by atoms with Crippen molar-refractivity contribution in [3.05, 3.63) is 58.0 Å². The molecule has 2 aliphatic rings. The van der Waals surface area contributed by atoms with E-state index in [1.165, 1.54) is 0 Å². The second-order valence-electron chi connectivity index (χ2n) is 10.0. The van der Waals surface area contributed by atoms with Crippen LogP contribution in [0.15, 0.2) is 41.2 Å². The quantitative estimate of drug-likeness (QED) is 0.584. The highest BCUT2D eigenvalue weighted by molar-refractivity contribution is 5.87. The van der Waals surface area contributed by atoms with Crippen molar-refractivity contribution in [2.24, 2.45) is 11.8 Å². The molecule has 36 heavy (non-hydrogen) atoms. The van der Waals surface area contributed by atoms with Crippen LogP contribution in [0.3, 0.4) is 0 Å². The van der Waals surface area contributed by atoms with Crippen LogP contribution in [0.5, 0.6) is 11.5 Å². The molecule has 1 fully saturated rings. The van der Waals surface area contributed by atoms with Gasteiger partial charge in [-0.3, -0.25) is 9.59 Å². The van der Waals surface area contributed by atoms with E-state index in [9.17, 15) is 14.4 Å². The number of aromatic nitrogens is 1. The van der Waals surface area contributed by atoms with Gasteiger partial charge in [-0.25, -0.2) is 4.79 Å². The lowest BCUT2D eigenvalue weighted by molar-refractivity contribution is -0.123. The van der Waals surface area contributed by atoms with Crippen LogP contribution >= 0.6 is 0 Å². The normalized spacial score (nSPS) is 19.3. The Hall–Kier alpha value is -3.49. The Morgan fingerprint density at radius 3 is 2.56 bits per heavy atom. The number of nitrogens with one attached hydrogen (secondary N) is 2. The second kappa shape index (κ2) is 11.1. The smallest absolute Gasteiger partial charge is 0.318 e. The molecule has 2 N–H and O–H groups in total. The molecule has 4 rings (SSSR count). The number of urea groups is 1. The summed E-state index contributed by atoms with van der Waals surface area (Å²) in [5, 5.41) is 5.93. The number of likely N-dealkylation sites (tertiary alicyclic amines) is 1. The van der Waals surface area contributed by atoms with Crippen LogP contribution in [0.1, 0.15) is 37.4 Å². The Kier molecular flexibility index (Phi) is 7.86. The number of carbonyl (C=O) groups excluding carboxylic acids is 2. The van der Waals surface area contributed by atoms with E-state index in [1.54, 1.807) is 31.3 Å². The maximum absolute atomic E-state index is 13.2. The van der Waals surface area contributed by atoms with E-state index < -0.39 is 6.04 Å². The molecule has 2 bridgehead atoms. The van der Waals surface area contributed by atoms with Gasteiger partial charge < -0.3 is 29.6 Å². The number of hydrogen-bond acceptors (Lipinski definition) is 5. The molecule has 0 aliphatic carbocycles. The van der Waals surface area contributed by atoms with Gasteiger partial charge in [0.05, 0.1) is 14.2 Å². The molecule has 2 aromatic rings. The molecule has 2 aliphatic heterocycles. The number of fused-ring (bicyclic) bond motifs is 4. The standard InChI is InChI=1S/C27H36N4O5/c1-17(2)25(26(33)28-11-10-18-8-9-22(35-3)23(13-18)36-4)29-27(34)30-14-19-12-20(16-30)21-6-5-7-24(32)31(21)15-19/h5-9,13,17,19-20,25H,10-12,14-16H2,1-4H3,(H,28,33)(H,29,34)/t19-,20+,25-/m1/s1. The first-order chi connectivity index (χ1) is 17.3. The Morgan fingerprint density at radius 2 is 1.83 bits per heavy atom. The van der Waals surface area contributed by atoms with E-state index in [0.717, 1.165) is 17.7 Å². The lowest BCUT2D eigenvalue weighted by atomic mass is 9.83. The van der Waals surface area contributed by atoms with E-state index in [4.69, 9.17) is 9.47 Å². The fourth-order valence-corrected chi connectivity index (χ4v) is 5.30. The molecule has 3 atom stereocenters. The third-order valence-corrected chi connectivity index (χ3v) is 7.16. The van der Waals surface area contributed by atoms with Gasteiger partial charge in [0.25, 0.3) is 5.56 Å². The number of amides is 3. The lowest BCUT2D eigenvalue weighted by Gasteiger charge is -2.43. The van der Waals surface area contributed by atoms with Crippen LogP contribution in [0.25, 0.3) is 0 Å². The van der Waals surface area contributed by atoms with Gasteiger partial charge >= 0.3 is 6.03 Å². The lowest BCUT2D eigenvalue weighted by Crippen LogP contribution is -2.57. The Morgan fingerprint density at radius 1 is 1.06 bits per heavy atom. The number of hydrogen-bond donors (Lipinski definition) is 2. The van der Waals surface area contributed by atoms with Crippen LogP contribution in [-0.2, 0) is 17.8 Å². The van der Waals surface area contributed by atoms with Gasteiger partial charge in [0.1, 0.15) is 6.04 Å². The first kappa shape index (κ1) is 25.6. The maximum Gasteiger partial charge on any atom is 0.318 e. The largest absolute Gasteiger partial charge is 0.493 e. The summed E-state index contributed by atoms with van der Waals surface area (Å²) in [6.07, 6.45) is 1.59. The monoisotopic (exact) mass is 496 g/mol. The van der Waals surface area contributed by atoms with Crippen molar-refractivity contribution in [2.45, 2.75) is 45.2 Å². The zero-order valence-corrected chi connectivity index (χ0v) is 21.5. The van der Waals surface area contributed by atoms with E-state index in [-0.39, 0.29) is 35.3 Å². The highest BCUT2D eigenvalue weighted by Gasteiger charge is 2.37. The molecule has 0 saturated carbocycles. The number of carbonyl (C=O) groups is 2. The Balaban J connectivity index is 1.34. The summed E-state index contributed by atoms with van der Waals surface area (Å²) < 4.78 is 12.5. The molecule has 3 heterocycles. The minimum absolute atomic E-state index is 0.0183. The van der Waals surface area contributed by atoms with Gasteiger partial charge in [-0.15, -0.1) is 0 Å². The van der Waals surface area contributed by atoms with Crippen LogP contribution in [-0.4, -0.2) is 61.3 Å². The maximum atomic E-state index is 13.2. The van der Waals surface area contributed by atoms with Crippen molar-refractivity contribution >= 4 is 11.9 Å². The summed E-state index contributed by atoms with van der Waals surface area (Å²) in [6.45, 7) is 6.03. The van der Waals surface area contributed by atoms with Crippen LogP contribution < -0.4 is 25.7 Å². The number of piperidine rings is 1. The number of methoxy groups -OCH3 is 2. The SMILES string of the molecule is COc1ccc(CCNC(=O)[C@H](NC(=O)N2C[C@H]3C[C@@H](C2)c2cccc(=O)n2C3)C(C)C)cc1OC. The molecule has 3 amide bonds. The van der Waals surface area contributed by atoms with Gasteiger partial charge in [0.2, 0.25) is 5.91 Å². The van der Waals surface area contributed by atoms with Crippen molar-refractivity contribution in [3.63, 3.8) is 0 Å². The summed E-state index contributed by atoms with van der Waals surface area (Å²) in [6, 6.07) is 10.2. The minimum atomic E-state index is -0.639. The summed E-state index contributed by atoms with van der Waals surface area (Å²) in [5.74, 6) is 1.39. The van der Waals surface area contributed by atoms with E-state index in [1.807, 2.05) is 42.7 Å². The van der Waals surface area contributed by atoms with Crippen molar-refractivity contribution in [2.75, 3.05) is 33.9 Å². The second-order valence-corrected chi connectivity index (χ2v) is 10.0. The van der Waals surface area contributed by atoms with Crippen molar-refractivity contribution in [1.82, 2.24) is 20.1 Å². The highest BCUT2D eigenvalue weighted by atomic mass is 16.5. The minimum Gasteiger partial charge on any atom is -0.493 e. The molecule has 9 nitrogen and oxygen atoms in total. The molecule has 1 saturated heterocycles.